The van der Waals surface area contributed by atoms with E-state index in [4.69, 9.17) is 11.6 Å². The Bertz CT molecular complexity index is 505. The summed E-state index contributed by atoms with van der Waals surface area (Å²) >= 11 is 5.74. The summed E-state index contributed by atoms with van der Waals surface area (Å²) in [5.74, 6) is 0. The van der Waals surface area contributed by atoms with Gasteiger partial charge in [0.05, 0.1) is 10.5 Å². The highest BCUT2D eigenvalue weighted by molar-refractivity contribution is 7.89. The molecule has 0 spiro atoms. The molecule has 1 saturated heterocycles. The summed E-state index contributed by atoms with van der Waals surface area (Å²) in [6.07, 6.45) is 0. The number of sulfonamides is 1. The summed E-state index contributed by atoms with van der Waals surface area (Å²) in [5.41, 5.74) is -0.911. The molecule has 6 heteroatoms. The van der Waals surface area contributed by atoms with Crippen molar-refractivity contribution in [1.29, 1.82) is 0 Å². The van der Waals surface area contributed by atoms with E-state index in [0.717, 1.165) is 0 Å². The number of aliphatic hydroxyl groups is 1. The third-order valence-electron chi connectivity index (χ3n) is 2.47. The van der Waals surface area contributed by atoms with E-state index in [0.29, 0.717) is 5.02 Å². The van der Waals surface area contributed by atoms with Gasteiger partial charge in [-0.25, -0.2) is 8.42 Å². The molecule has 1 N–H and O–H groups in total. The van der Waals surface area contributed by atoms with Crippen LogP contribution in [0.5, 0.6) is 0 Å². The van der Waals surface area contributed by atoms with E-state index >= 15 is 0 Å². The number of benzene rings is 1. The molecule has 4 nitrogen and oxygen atoms in total. The highest BCUT2D eigenvalue weighted by atomic mass is 35.5. The lowest BCUT2D eigenvalue weighted by Crippen LogP contribution is -2.61. The van der Waals surface area contributed by atoms with Crippen LogP contribution in [-0.2, 0) is 10.0 Å². The Kier molecular flexibility index (Phi) is 2.74. The lowest BCUT2D eigenvalue weighted by molar-refractivity contribution is -0.0426. The minimum absolute atomic E-state index is 0.127. The van der Waals surface area contributed by atoms with Crippen molar-refractivity contribution in [3.63, 3.8) is 0 Å². The maximum Gasteiger partial charge on any atom is 0.243 e. The van der Waals surface area contributed by atoms with Crippen LogP contribution in [0.2, 0.25) is 5.02 Å². The Hall–Kier alpha value is -0.620. The molecule has 1 heterocycles. The predicted molar refractivity (Wildman–Crippen MR) is 60.8 cm³/mol. The molecule has 0 amide bonds. The zero-order valence-electron chi connectivity index (χ0n) is 8.72. The second-order valence-electron chi connectivity index (χ2n) is 4.23. The van der Waals surface area contributed by atoms with Crippen LogP contribution in [0.1, 0.15) is 6.92 Å². The van der Waals surface area contributed by atoms with Crippen LogP contribution in [-0.4, -0.2) is 36.5 Å². The fourth-order valence-corrected chi connectivity index (χ4v) is 3.64. The fraction of sp³-hybridized carbons (Fsp3) is 0.400. The normalized spacial score (nSPS) is 20.4. The van der Waals surface area contributed by atoms with Crippen molar-refractivity contribution in [2.75, 3.05) is 13.1 Å². The maximum absolute atomic E-state index is 12.0. The largest absolute Gasteiger partial charge is 0.387 e. The van der Waals surface area contributed by atoms with Gasteiger partial charge in [-0.2, -0.15) is 4.31 Å². The average molecular weight is 262 g/mol. The second-order valence-corrected chi connectivity index (χ2v) is 6.60. The average Bonchev–Trinajstić information content (AvgIpc) is 2.14. The van der Waals surface area contributed by atoms with Gasteiger partial charge in [0.2, 0.25) is 10.0 Å². The van der Waals surface area contributed by atoms with Gasteiger partial charge in [0, 0.05) is 18.1 Å². The molecule has 2 rings (SSSR count). The molecule has 1 aliphatic rings. The van der Waals surface area contributed by atoms with Gasteiger partial charge in [-0.15, -0.1) is 0 Å². The molecule has 1 aromatic rings. The van der Waals surface area contributed by atoms with E-state index in [-0.39, 0.29) is 18.0 Å². The molecule has 88 valence electrons. The molecule has 0 atom stereocenters. The van der Waals surface area contributed by atoms with Gasteiger partial charge in [0.25, 0.3) is 0 Å². The quantitative estimate of drug-likeness (QED) is 0.867. The standard InChI is InChI=1S/C10H12ClNO3S/c1-10(13)6-12(7-10)16(14,15)9-4-2-3-8(11)5-9/h2-5,13H,6-7H2,1H3. The van der Waals surface area contributed by atoms with Crippen molar-refractivity contribution in [3.05, 3.63) is 29.3 Å². The third-order valence-corrected chi connectivity index (χ3v) is 4.49. The molecular weight excluding hydrogens is 250 g/mol. The van der Waals surface area contributed by atoms with Crippen LogP contribution in [0.3, 0.4) is 0 Å². The molecule has 1 aliphatic heterocycles. The SMILES string of the molecule is CC1(O)CN(S(=O)(=O)c2cccc(Cl)c2)C1. The lowest BCUT2D eigenvalue weighted by Gasteiger charge is -2.42. The Morgan fingerprint density at radius 3 is 2.56 bits per heavy atom. The van der Waals surface area contributed by atoms with Gasteiger partial charge in [-0.1, -0.05) is 17.7 Å². The van der Waals surface area contributed by atoms with Gasteiger partial charge in [0.1, 0.15) is 0 Å². The zero-order chi connectivity index (χ0) is 12.0. The van der Waals surface area contributed by atoms with Crippen LogP contribution < -0.4 is 0 Å². The highest BCUT2D eigenvalue weighted by Crippen LogP contribution is 2.28. The summed E-state index contributed by atoms with van der Waals surface area (Å²) in [7, 11) is -3.51. The number of hydrogen-bond donors (Lipinski definition) is 1. The lowest BCUT2D eigenvalue weighted by atomic mass is 10.0. The van der Waals surface area contributed by atoms with E-state index in [1.165, 1.54) is 16.4 Å². The summed E-state index contributed by atoms with van der Waals surface area (Å²) in [4.78, 5) is 0.163. The van der Waals surface area contributed by atoms with E-state index in [2.05, 4.69) is 0 Å². The van der Waals surface area contributed by atoms with E-state index < -0.39 is 15.6 Å². The van der Waals surface area contributed by atoms with Crippen molar-refractivity contribution in [3.8, 4) is 0 Å². The molecular formula is C10H12ClNO3S. The Morgan fingerprint density at radius 1 is 1.44 bits per heavy atom. The molecule has 0 radical (unpaired) electrons. The molecule has 1 aromatic carbocycles. The minimum Gasteiger partial charge on any atom is -0.387 e. The molecule has 0 aromatic heterocycles. The van der Waals surface area contributed by atoms with Crippen LogP contribution in [0, 0.1) is 0 Å². The summed E-state index contributed by atoms with van der Waals surface area (Å²) in [5, 5.41) is 9.90. The number of halogens is 1. The first kappa shape index (κ1) is 11.9. The van der Waals surface area contributed by atoms with Gasteiger partial charge in [-0.3, -0.25) is 0 Å². The Balaban J connectivity index is 2.28. The van der Waals surface area contributed by atoms with E-state index in [9.17, 15) is 13.5 Å². The van der Waals surface area contributed by atoms with Crippen LogP contribution in [0.15, 0.2) is 29.2 Å². The van der Waals surface area contributed by atoms with Gasteiger partial charge < -0.3 is 5.11 Å². The summed E-state index contributed by atoms with van der Waals surface area (Å²) in [6.45, 7) is 1.86. The first-order chi connectivity index (χ1) is 7.31. The van der Waals surface area contributed by atoms with Gasteiger partial charge >= 0.3 is 0 Å². The first-order valence-corrected chi connectivity index (χ1v) is 6.61. The van der Waals surface area contributed by atoms with E-state index in [1.807, 2.05) is 0 Å². The smallest absolute Gasteiger partial charge is 0.243 e. The van der Waals surface area contributed by atoms with Crippen molar-refractivity contribution in [1.82, 2.24) is 4.31 Å². The molecule has 16 heavy (non-hydrogen) atoms. The number of rotatable bonds is 2. The third kappa shape index (κ3) is 2.08. The Labute approximate surface area is 99.5 Å². The summed E-state index contributed by atoms with van der Waals surface area (Å²) < 4.78 is 25.3. The van der Waals surface area contributed by atoms with Crippen LogP contribution in [0.4, 0.5) is 0 Å². The zero-order valence-corrected chi connectivity index (χ0v) is 10.3. The topological polar surface area (TPSA) is 57.6 Å². The molecule has 0 aliphatic carbocycles. The molecule has 0 saturated carbocycles. The monoisotopic (exact) mass is 261 g/mol. The highest BCUT2D eigenvalue weighted by Gasteiger charge is 2.43. The molecule has 0 unspecified atom stereocenters. The predicted octanol–water partition coefficient (Wildman–Crippen LogP) is 1.10. The number of nitrogens with zero attached hydrogens (tertiary/aromatic N) is 1. The number of hydrogen-bond acceptors (Lipinski definition) is 3. The minimum atomic E-state index is -3.51. The van der Waals surface area contributed by atoms with Crippen molar-refractivity contribution < 1.29 is 13.5 Å². The molecule has 1 fully saturated rings. The Morgan fingerprint density at radius 2 is 2.06 bits per heavy atom. The first-order valence-electron chi connectivity index (χ1n) is 4.79. The van der Waals surface area contributed by atoms with Gasteiger partial charge in [0.15, 0.2) is 0 Å². The van der Waals surface area contributed by atoms with Crippen LogP contribution >= 0.6 is 11.6 Å². The van der Waals surface area contributed by atoms with E-state index in [1.54, 1.807) is 19.1 Å². The molecule has 0 bridgehead atoms. The van der Waals surface area contributed by atoms with Crippen molar-refractivity contribution in [2.45, 2.75) is 17.4 Å². The van der Waals surface area contributed by atoms with Crippen LogP contribution in [0.25, 0.3) is 0 Å². The maximum atomic E-state index is 12.0. The summed E-state index contributed by atoms with van der Waals surface area (Å²) in [6, 6.07) is 6.11. The van der Waals surface area contributed by atoms with Crippen molar-refractivity contribution >= 4 is 21.6 Å². The second kappa shape index (κ2) is 3.70. The number of β-amino-alcohol motifs (C(OH)–C–C–N with tert-alkyl or cyclic N) is 1. The van der Waals surface area contributed by atoms with Crippen molar-refractivity contribution in [2.24, 2.45) is 0 Å². The van der Waals surface area contributed by atoms with Gasteiger partial charge in [-0.05, 0) is 25.1 Å². The fourth-order valence-electron chi connectivity index (χ4n) is 1.66.